The van der Waals surface area contributed by atoms with Crippen molar-refractivity contribution >= 4 is 59.2 Å². The van der Waals surface area contributed by atoms with Crippen LogP contribution in [0.4, 0.5) is 21.0 Å². The molecule has 0 radical (unpaired) electrons. The van der Waals surface area contributed by atoms with Crippen LogP contribution >= 0.6 is 11.8 Å². The highest BCUT2D eigenvalue weighted by Gasteiger charge is 2.32. The van der Waals surface area contributed by atoms with E-state index >= 15 is 0 Å². The number of urea groups is 2. The zero-order valence-corrected chi connectivity index (χ0v) is 38.2. The lowest BCUT2D eigenvalue weighted by Crippen LogP contribution is -2.52. The van der Waals surface area contributed by atoms with Gasteiger partial charge in [0.25, 0.3) is 11.4 Å². The average molecular weight is 903 g/mol. The van der Waals surface area contributed by atoms with Crippen LogP contribution in [0.15, 0.2) is 94.7 Å². The number of nitrogens with zero attached hydrogens (tertiary/aromatic N) is 6. The van der Waals surface area contributed by atoms with Gasteiger partial charge in [0.2, 0.25) is 11.8 Å². The van der Waals surface area contributed by atoms with Crippen LogP contribution < -0.4 is 10.6 Å². The number of nitro benzene ring substituents is 2. The van der Waals surface area contributed by atoms with E-state index in [0.29, 0.717) is 74.6 Å². The zero-order valence-electron chi connectivity index (χ0n) is 37.4. The second-order valence-electron chi connectivity index (χ2n) is 16.3. The van der Waals surface area contributed by atoms with Crippen molar-refractivity contribution in [1.82, 2.24) is 30.2 Å². The van der Waals surface area contributed by atoms with Gasteiger partial charge in [-0.25, -0.2) is 9.59 Å². The first-order valence-electron chi connectivity index (χ1n) is 21.5. The Bertz CT molecular complexity index is 2370. The van der Waals surface area contributed by atoms with Gasteiger partial charge in [-0.1, -0.05) is 100 Å². The van der Waals surface area contributed by atoms with Crippen molar-refractivity contribution in [1.29, 1.82) is 0 Å². The molecule has 2 aliphatic rings. The molecule has 6 rings (SSSR count). The standard InChI is InChI=1S/C48H54N8O8S/c1-31(2)35-11-7-9-13-37(35)43-33(17-21-41(57)51-23-27-53(28-24-51)47(59)49-5)15-19-39(45(43)55(61)62)65-40-20-16-34(18-22-42(58)52-25-29-54(30-26-52)48(60)50-6)44(46(40)56(63)64)38-14-10-8-12-36(38)32(3)4/h7-22,31-32H,23-30H2,1-6H3,(H,49,59)(H,50,60)/b21-17+,22-18+. The summed E-state index contributed by atoms with van der Waals surface area (Å²) in [6.45, 7) is 10.6. The third-order valence-electron chi connectivity index (χ3n) is 11.6. The zero-order chi connectivity index (χ0) is 46.9. The van der Waals surface area contributed by atoms with Gasteiger partial charge in [0.05, 0.1) is 30.8 Å². The highest BCUT2D eigenvalue weighted by Crippen LogP contribution is 2.50. The summed E-state index contributed by atoms with van der Waals surface area (Å²) < 4.78 is 0. The third kappa shape index (κ3) is 10.7. The highest BCUT2D eigenvalue weighted by molar-refractivity contribution is 7.99. The quantitative estimate of drug-likeness (QED) is 0.0801. The van der Waals surface area contributed by atoms with E-state index in [2.05, 4.69) is 10.6 Å². The summed E-state index contributed by atoms with van der Waals surface area (Å²) in [7, 11) is 3.10. The molecule has 2 aliphatic heterocycles. The summed E-state index contributed by atoms with van der Waals surface area (Å²) in [5, 5.41) is 32.0. The van der Waals surface area contributed by atoms with Gasteiger partial charge in [0.1, 0.15) is 0 Å². The number of nitrogens with one attached hydrogen (secondary N) is 2. The molecule has 2 fully saturated rings. The predicted molar refractivity (Wildman–Crippen MR) is 253 cm³/mol. The van der Waals surface area contributed by atoms with E-state index in [1.54, 1.807) is 94.4 Å². The van der Waals surface area contributed by atoms with Gasteiger partial charge in [0.15, 0.2) is 0 Å². The number of carbonyl (C=O) groups is 4. The fraction of sp³-hybridized carbons (Fsp3) is 0.333. The van der Waals surface area contributed by atoms with Gasteiger partial charge in [-0.15, -0.1) is 0 Å². The lowest BCUT2D eigenvalue weighted by atomic mass is 9.89. The molecule has 65 heavy (non-hydrogen) atoms. The van der Waals surface area contributed by atoms with Gasteiger partial charge < -0.3 is 30.2 Å². The maximum absolute atomic E-state index is 13.5. The van der Waals surface area contributed by atoms with Crippen LogP contribution in [0.2, 0.25) is 0 Å². The fourth-order valence-electron chi connectivity index (χ4n) is 8.23. The van der Waals surface area contributed by atoms with E-state index in [1.165, 1.54) is 12.2 Å². The minimum Gasteiger partial charge on any atom is -0.341 e. The smallest absolute Gasteiger partial charge is 0.317 e. The lowest BCUT2D eigenvalue weighted by Gasteiger charge is -2.33. The molecule has 2 N–H and O–H groups in total. The Hall–Kier alpha value is -7.01. The van der Waals surface area contributed by atoms with Crippen molar-refractivity contribution in [3.8, 4) is 22.3 Å². The Kier molecular flexibility index (Phi) is 15.4. The Morgan fingerprint density at radius 2 is 0.892 bits per heavy atom. The molecule has 0 aliphatic carbocycles. The van der Waals surface area contributed by atoms with Crippen LogP contribution in [0, 0.1) is 20.2 Å². The minimum atomic E-state index is -0.482. The SMILES string of the molecule is CNC(=O)N1CCN(C(=O)/C=C/c2ccc(Sc3ccc(/C=C/C(=O)N4CCN(C(=O)NC)CC4)c(-c4ccccc4C(C)C)c3[N+](=O)[O-])c([N+](=O)[O-])c2-c2ccccc2C(C)C)CC1. The van der Waals surface area contributed by atoms with Gasteiger partial charge in [0, 0.05) is 78.6 Å². The third-order valence-corrected chi connectivity index (χ3v) is 12.7. The maximum atomic E-state index is 13.5. The summed E-state index contributed by atoms with van der Waals surface area (Å²) in [4.78, 5) is 83.9. The van der Waals surface area contributed by atoms with E-state index in [0.717, 1.165) is 22.9 Å². The topological polar surface area (TPSA) is 192 Å². The molecule has 4 aromatic rings. The molecule has 2 heterocycles. The lowest BCUT2D eigenvalue weighted by molar-refractivity contribution is -0.387. The van der Waals surface area contributed by atoms with Crippen molar-refractivity contribution in [2.24, 2.45) is 0 Å². The molecular weight excluding hydrogens is 849 g/mol. The summed E-state index contributed by atoms with van der Waals surface area (Å²) in [6, 6.07) is 20.7. The normalized spacial score (nSPS) is 14.4. The molecule has 0 aromatic heterocycles. The van der Waals surface area contributed by atoms with Crippen LogP contribution in [0.25, 0.3) is 34.4 Å². The van der Waals surface area contributed by atoms with Crippen molar-refractivity contribution in [2.75, 3.05) is 66.5 Å². The summed E-state index contributed by atoms with van der Waals surface area (Å²) in [5.41, 5.74) is 3.64. The molecule has 0 saturated carbocycles. The van der Waals surface area contributed by atoms with Crippen LogP contribution in [0.1, 0.15) is 61.8 Å². The number of amides is 6. The first-order chi connectivity index (χ1) is 31.1. The Morgan fingerprint density at radius 3 is 1.22 bits per heavy atom. The maximum Gasteiger partial charge on any atom is 0.317 e. The van der Waals surface area contributed by atoms with Crippen molar-refractivity contribution in [3.63, 3.8) is 0 Å². The van der Waals surface area contributed by atoms with E-state index in [9.17, 15) is 39.4 Å². The molecular formula is C48H54N8O8S. The van der Waals surface area contributed by atoms with Crippen LogP contribution in [0.5, 0.6) is 0 Å². The van der Waals surface area contributed by atoms with Crippen molar-refractivity contribution in [3.05, 3.63) is 127 Å². The summed E-state index contributed by atoms with van der Waals surface area (Å²) >= 11 is 0.907. The molecule has 0 spiro atoms. The number of rotatable bonds is 12. The predicted octanol–water partition coefficient (Wildman–Crippen LogP) is 8.23. The largest absolute Gasteiger partial charge is 0.341 e. The van der Waals surface area contributed by atoms with Gasteiger partial charge in [-0.05, 0) is 69.5 Å². The van der Waals surface area contributed by atoms with E-state index in [4.69, 9.17) is 0 Å². The van der Waals surface area contributed by atoms with Crippen LogP contribution in [-0.2, 0) is 9.59 Å². The molecule has 2 saturated heterocycles. The monoisotopic (exact) mass is 902 g/mol. The van der Waals surface area contributed by atoms with E-state index in [1.807, 2.05) is 52.0 Å². The van der Waals surface area contributed by atoms with Gasteiger partial charge in [-0.2, -0.15) is 0 Å². The molecule has 0 atom stereocenters. The van der Waals surface area contributed by atoms with Crippen LogP contribution in [-0.4, -0.2) is 120 Å². The number of hydrogen-bond donors (Lipinski definition) is 2. The number of piperazine rings is 2. The number of carbonyl (C=O) groups excluding carboxylic acids is 4. The average Bonchev–Trinajstić information content (AvgIpc) is 3.31. The molecule has 16 nitrogen and oxygen atoms in total. The van der Waals surface area contributed by atoms with E-state index < -0.39 is 9.85 Å². The first kappa shape index (κ1) is 47.5. The minimum absolute atomic E-state index is 0.0403. The van der Waals surface area contributed by atoms with E-state index in [-0.39, 0.29) is 68.0 Å². The summed E-state index contributed by atoms with van der Waals surface area (Å²) in [5.74, 6) is -0.701. The molecule has 4 aromatic carbocycles. The van der Waals surface area contributed by atoms with Gasteiger partial charge in [-0.3, -0.25) is 29.8 Å². The Balaban J connectivity index is 1.46. The molecule has 340 valence electrons. The second-order valence-corrected chi connectivity index (χ2v) is 17.3. The Labute approximate surface area is 382 Å². The highest BCUT2D eigenvalue weighted by atomic mass is 32.2. The molecule has 0 bridgehead atoms. The summed E-state index contributed by atoms with van der Waals surface area (Å²) in [6.07, 6.45) is 5.89. The fourth-order valence-corrected chi connectivity index (χ4v) is 9.29. The van der Waals surface area contributed by atoms with Crippen LogP contribution in [0.3, 0.4) is 0 Å². The second kappa shape index (κ2) is 21.1. The molecule has 17 heteroatoms. The first-order valence-corrected chi connectivity index (χ1v) is 22.3. The number of benzene rings is 4. The number of nitro groups is 2. The number of hydrogen-bond acceptors (Lipinski definition) is 9. The Morgan fingerprint density at radius 1 is 0.554 bits per heavy atom. The van der Waals surface area contributed by atoms with Crippen molar-refractivity contribution < 1.29 is 29.0 Å². The molecule has 0 unspecified atom stereocenters. The molecule has 6 amide bonds. The van der Waals surface area contributed by atoms with Crippen molar-refractivity contribution in [2.45, 2.75) is 49.3 Å². The van der Waals surface area contributed by atoms with Gasteiger partial charge >= 0.3 is 12.1 Å².